The lowest BCUT2D eigenvalue weighted by Gasteiger charge is -2.04. The van der Waals surface area contributed by atoms with Crippen LogP contribution in [0.4, 0.5) is 25.3 Å². The first kappa shape index (κ1) is 17.3. The SMILES string of the molecule is CS(=O)(=O)Nc1ccc(-c2csc(Nc3cc(F)cc(F)c3)n2)cc1. The second-order valence-corrected chi connectivity index (χ2v) is 7.88. The Labute approximate surface area is 147 Å². The Hall–Kier alpha value is -2.52. The molecule has 0 saturated heterocycles. The largest absolute Gasteiger partial charge is 0.331 e. The van der Waals surface area contributed by atoms with Gasteiger partial charge in [0.2, 0.25) is 10.0 Å². The fourth-order valence-corrected chi connectivity index (χ4v) is 3.44. The van der Waals surface area contributed by atoms with Crippen molar-refractivity contribution in [2.24, 2.45) is 0 Å². The lowest BCUT2D eigenvalue weighted by Crippen LogP contribution is -2.09. The van der Waals surface area contributed by atoms with Gasteiger partial charge < -0.3 is 5.32 Å². The minimum absolute atomic E-state index is 0.270. The molecule has 0 atom stereocenters. The molecular formula is C16H13F2N3O2S2. The van der Waals surface area contributed by atoms with Gasteiger partial charge in [0, 0.05) is 28.4 Å². The molecule has 0 amide bonds. The van der Waals surface area contributed by atoms with E-state index in [0.29, 0.717) is 16.5 Å². The van der Waals surface area contributed by atoms with E-state index >= 15 is 0 Å². The summed E-state index contributed by atoms with van der Waals surface area (Å²) in [6.07, 6.45) is 1.08. The molecule has 1 heterocycles. The van der Waals surface area contributed by atoms with E-state index in [1.54, 1.807) is 29.6 Å². The molecule has 0 bridgehead atoms. The Balaban J connectivity index is 1.77. The number of hydrogen-bond acceptors (Lipinski definition) is 5. The zero-order valence-electron chi connectivity index (χ0n) is 13.0. The molecule has 2 N–H and O–H groups in total. The number of halogens is 2. The number of rotatable bonds is 5. The van der Waals surface area contributed by atoms with Crippen LogP contribution < -0.4 is 10.0 Å². The Morgan fingerprint density at radius 1 is 1.00 bits per heavy atom. The number of nitrogens with zero attached hydrogens (tertiary/aromatic N) is 1. The molecule has 0 unspecified atom stereocenters. The molecule has 1 aromatic heterocycles. The van der Waals surface area contributed by atoms with Crippen LogP contribution >= 0.6 is 11.3 Å². The predicted octanol–water partition coefficient (Wildman–Crippen LogP) is 4.20. The highest BCUT2D eigenvalue weighted by atomic mass is 32.2. The molecule has 0 fully saturated rings. The fourth-order valence-electron chi connectivity index (χ4n) is 2.14. The summed E-state index contributed by atoms with van der Waals surface area (Å²) in [7, 11) is -3.33. The zero-order chi connectivity index (χ0) is 18.0. The molecule has 9 heteroatoms. The molecule has 3 aromatic rings. The maximum atomic E-state index is 13.2. The molecule has 0 aliphatic rings. The van der Waals surface area contributed by atoms with Gasteiger partial charge in [-0.05, 0) is 24.3 Å². The average molecular weight is 381 g/mol. The summed E-state index contributed by atoms with van der Waals surface area (Å²) >= 11 is 1.29. The molecule has 0 aliphatic heterocycles. The van der Waals surface area contributed by atoms with Crippen molar-refractivity contribution in [3.63, 3.8) is 0 Å². The number of thiazole rings is 1. The van der Waals surface area contributed by atoms with E-state index in [4.69, 9.17) is 0 Å². The molecule has 3 rings (SSSR count). The summed E-state index contributed by atoms with van der Waals surface area (Å²) in [5.74, 6) is -1.35. The third-order valence-electron chi connectivity index (χ3n) is 3.10. The van der Waals surface area contributed by atoms with Gasteiger partial charge in [0.15, 0.2) is 5.13 Å². The van der Waals surface area contributed by atoms with Crippen molar-refractivity contribution in [2.45, 2.75) is 0 Å². The van der Waals surface area contributed by atoms with Crippen LogP contribution in [0.2, 0.25) is 0 Å². The van der Waals surface area contributed by atoms with Crippen molar-refractivity contribution in [1.29, 1.82) is 0 Å². The minimum Gasteiger partial charge on any atom is -0.331 e. The quantitative estimate of drug-likeness (QED) is 0.695. The average Bonchev–Trinajstić information content (AvgIpc) is 2.93. The Morgan fingerprint density at radius 2 is 1.64 bits per heavy atom. The molecule has 0 radical (unpaired) electrons. The van der Waals surface area contributed by atoms with Crippen LogP contribution in [0.5, 0.6) is 0 Å². The van der Waals surface area contributed by atoms with Crippen molar-refractivity contribution >= 4 is 37.9 Å². The number of aromatic nitrogens is 1. The molecule has 25 heavy (non-hydrogen) atoms. The van der Waals surface area contributed by atoms with Crippen LogP contribution in [0, 0.1) is 11.6 Å². The zero-order valence-corrected chi connectivity index (χ0v) is 14.6. The van der Waals surface area contributed by atoms with Gasteiger partial charge in [0.25, 0.3) is 0 Å². The monoisotopic (exact) mass is 381 g/mol. The third kappa shape index (κ3) is 4.74. The van der Waals surface area contributed by atoms with Gasteiger partial charge in [0.1, 0.15) is 11.6 Å². The van der Waals surface area contributed by atoms with E-state index in [1.165, 1.54) is 23.5 Å². The number of hydrogen-bond donors (Lipinski definition) is 2. The van der Waals surface area contributed by atoms with Crippen LogP contribution in [-0.4, -0.2) is 19.7 Å². The van der Waals surface area contributed by atoms with Crippen LogP contribution in [0.3, 0.4) is 0 Å². The standard InChI is InChI=1S/C16H13F2N3O2S2/c1-25(22,23)21-13-4-2-10(3-5-13)15-9-24-16(20-15)19-14-7-11(17)6-12(18)8-14/h2-9,21H,1H3,(H,19,20). The lowest BCUT2D eigenvalue weighted by atomic mass is 10.1. The molecule has 5 nitrogen and oxygen atoms in total. The summed E-state index contributed by atoms with van der Waals surface area (Å²) in [6, 6.07) is 9.87. The van der Waals surface area contributed by atoms with Gasteiger partial charge in [-0.15, -0.1) is 11.3 Å². The van der Waals surface area contributed by atoms with Gasteiger partial charge in [-0.25, -0.2) is 22.2 Å². The van der Waals surface area contributed by atoms with E-state index in [-0.39, 0.29) is 5.69 Å². The second-order valence-electron chi connectivity index (χ2n) is 5.27. The van der Waals surface area contributed by atoms with Crippen LogP contribution in [0.25, 0.3) is 11.3 Å². The van der Waals surface area contributed by atoms with Gasteiger partial charge in [-0.2, -0.15) is 0 Å². The van der Waals surface area contributed by atoms with Crippen molar-refractivity contribution in [3.05, 3.63) is 59.5 Å². The smallest absolute Gasteiger partial charge is 0.229 e. The maximum Gasteiger partial charge on any atom is 0.229 e. The van der Waals surface area contributed by atoms with E-state index in [2.05, 4.69) is 15.0 Å². The van der Waals surface area contributed by atoms with E-state index in [0.717, 1.165) is 17.9 Å². The topological polar surface area (TPSA) is 71.1 Å². The Bertz CT molecular complexity index is 982. The fraction of sp³-hybridized carbons (Fsp3) is 0.0625. The summed E-state index contributed by atoms with van der Waals surface area (Å²) in [4.78, 5) is 4.36. The molecule has 0 spiro atoms. The highest BCUT2D eigenvalue weighted by Gasteiger charge is 2.08. The third-order valence-corrected chi connectivity index (χ3v) is 4.47. The summed E-state index contributed by atoms with van der Waals surface area (Å²) in [5.41, 5.74) is 2.17. The molecule has 2 aromatic carbocycles. The number of sulfonamides is 1. The number of benzene rings is 2. The first-order valence-electron chi connectivity index (χ1n) is 7.05. The lowest BCUT2D eigenvalue weighted by molar-refractivity contribution is 0.584. The second kappa shape index (κ2) is 6.77. The Kier molecular flexibility index (Phi) is 4.69. The highest BCUT2D eigenvalue weighted by molar-refractivity contribution is 7.92. The van der Waals surface area contributed by atoms with E-state index < -0.39 is 21.7 Å². The van der Waals surface area contributed by atoms with E-state index in [9.17, 15) is 17.2 Å². The summed E-state index contributed by atoms with van der Waals surface area (Å²) in [6.45, 7) is 0. The van der Waals surface area contributed by atoms with Crippen molar-refractivity contribution in [3.8, 4) is 11.3 Å². The van der Waals surface area contributed by atoms with Gasteiger partial charge in [0.05, 0.1) is 11.9 Å². The first-order valence-corrected chi connectivity index (χ1v) is 9.82. The van der Waals surface area contributed by atoms with Crippen molar-refractivity contribution in [1.82, 2.24) is 4.98 Å². The van der Waals surface area contributed by atoms with E-state index in [1.807, 2.05) is 0 Å². The first-order chi connectivity index (χ1) is 11.8. The highest BCUT2D eigenvalue weighted by Crippen LogP contribution is 2.28. The maximum absolute atomic E-state index is 13.2. The molecule has 0 aliphatic carbocycles. The van der Waals surface area contributed by atoms with Crippen molar-refractivity contribution in [2.75, 3.05) is 16.3 Å². The van der Waals surface area contributed by atoms with Crippen LogP contribution in [0.15, 0.2) is 47.8 Å². The normalized spacial score (nSPS) is 11.3. The molecule has 130 valence electrons. The Morgan fingerprint density at radius 3 is 2.24 bits per heavy atom. The number of anilines is 3. The number of nitrogens with one attached hydrogen (secondary N) is 2. The van der Waals surface area contributed by atoms with Crippen LogP contribution in [-0.2, 0) is 10.0 Å². The van der Waals surface area contributed by atoms with Gasteiger partial charge >= 0.3 is 0 Å². The van der Waals surface area contributed by atoms with Crippen molar-refractivity contribution < 1.29 is 17.2 Å². The molecular weight excluding hydrogens is 368 g/mol. The van der Waals surface area contributed by atoms with Crippen LogP contribution in [0.1, 0.15) is 0 Å². The summed E-state index contributed by atoms with van der Waals surface area (Å²) < 4.78 is 51.2. The van der Waals surface area contributed by atoms with Gasteiger partial charge in [-0.1, -0.05) is 12.1 Å². The predicted molar refractivity (Wildman–Crippen MR) is 95.7 cm³/mol. The summed E-state index contributed by atoms with van der Waals surface area (Å²) in [5, 5.41) is 5.13. The van der Waals surface area contributed by atoms with Gasteiger partial charge in [-0.3, -0.25) is 4.72 Å². The minimum atomic E-state index is -3.33. The molecule has 0 saturated carbocycles.